The van der Waals surface area contributed by atoms with Gasteiger partial charge < -0.3 is 0 Å². The van der Waals surface area contributed by atoms with Crippen LogP contribution in [0.15, 0.2) is 34.9 Å². The first-order chi connectivity index (χ1) is 8.50. The van der Waals surface area contributed by atoms with E-state index in [0.717, 1.165) is 11.6 Å². The summed E-state index contributed by atoms with van der Waals surface area (Å²) in [6.07, 6.45) is 1.43. The zero-order chi connectivity index (χ0) is 13.3. The summed E-state index contributed by atoms with van der Waals surface area (Å²) in [6, 6.07) is 5.44. The van der Waals surface area contributed by atoms with Crippen LogP contribution in [0.3, 0.4) is 0 Å². The van der Waals surface area contributed by atoms with E-state index < -0.39 is 23.0 Å². The van der Waals surface area contributed by atoms with Gasteiger partial charge in [-0.15, -0.1) is 0 Å². The number of rotatable bonds is 2. The first-order valence-electron chi connectivity index (χ1n) is 5.11. The number of pyridine rings is 1. The smallest absolute Gasteiger partial charge is 0.217 e. The van der Waals surface area contributed by atoms with Crippen LogP contribution in [0.1, 0.15) is 21.6 Å². The van der Waals surface area contributed by atoms with Gasteiger partial charge in [-0.1, -0.05) is 0 Å². The van der Waals surface area contributed by atoms with Crippen molar-refractivity contribution >= 4 is 21.7 Å². The van der Waals surface area contributed by atoms with E-state index in [0.29, 0.717) is 0 Å². The molecule has 2 aromatic rings. The van der Waals surface area contributed by atoms with Crippen LogP contribution in [0, 0.1) is 18.6 Å². The molecule has 18 heavy (non-hydrogen) atoms. The Morgan fingerprint density at radius 1 is 1.28 bits per heavy atom. The van der Waals surface area contributed by atoms with Gasteiger partial charge in [-0.25, -0.2) is 8.78 Å². The minimum atomic E-state index is -0.914. The van der Waals surface area contributed by atoms with Crippen LogP contribution in [-0.2, 0) is 0 Å². The average Bonchev–Trinajstić information content (AvgIpc) is 2.34. The molecule has 0 unspecified atom stereocenters. The molecule has 0 bridgehead atoms. The molecule has 5 heteroatoms. The zero-order valence-corrected chi connectivity index (χ0v) is 11.0. The van der Waals surface area contributed by atoms with Crippen LogP contribution in [0.4, 0.5) is 8.78 Å². The summed E-state index contributed by atoms with van der Waals surface area (Å²) >= 11 is 2.92. The van der Waals surface area contributed by atoms with Gasteiger partial charge in [-0.2, -0.15) is 0 Å². The Hall–Kier alpha value is -1.62. The van der Waals surface area contributed by atoms with Crippen molar-refractivity contribution in [2.24, 2.45) is 0 Å². The normalized spacial score (nSPS) is 10.4. The fourth-order valence-corrected chi connectivity index (χ4v) is 1.85. The van der Waals surface area contributed by atoms with E-state index in [4.69, 9.17) is 0 Å². The Bertz CT molecular complexity index is 628. The molecular weight excluding hydrogens is 304 g/mol. The zero-order valence-electron chi connectivity index (χ0n) is 9.38. The number of aromatic nitrogens is 1. The highest BCUT2D eigenvalue weighted by atomic mass is 79.9. The molecule has 0 aliphatic heterocycles. The lowest BCUT2D eigenvalue weighted by atomic mass is 10.1. The van der Waals surface area contributed by atoms with E-state index in [-0.39, 0.29) is 10.2 Å². The quantitative estimate of drug-likeness (QED) is 0.626. The van der Waals surface area contributed by atoms with Gasteiger partial charge in [-0.3, -0.25) is 9.78 Å². The van der Waals surface area contributed by atoms with Crippen LogP contribution in [-0.4, -0.2) is 10.8 Å². The Balaban J connectivity index is 2.56. The molecule has 0 atom stereocenters. The lowest BCUT2D eigenvalue weighted by molar-refractivity contribution is 0.102. The molecule has 0 spiro atoms. The maximum absolute atomic E-state index is 13.8. The van der Waals surface area contributed by atoms with Gasteiger partial charge in [0.25, 0.3) is 0 Å². The summed E-state index contributed by atoms with van der Waals surface area (Å²) in [7, 11) is 0. The fraction of sp³-hybridized carbons (Fsp3) is 0.0769. The Kier molecular flexibility index (Phi) is 3.52. The van der Waals surface area contributed by atoms with E-state index in [1.165, 1.54) is 18.3 Å². The molecule has 0 saturated carbocycles. The molecule has 1 heterocycles. The van der Waals surface area contributed by atoms with Gasteiger partial charge in [0.15, 0.2) is 5.82 Å². The van der Waals surface area contributed by atoms with Crippen LogP contribution in [0.5, 0.6) is 0 Å². The number of carbonyl (C=O) groups excluding carboxylic acids is 1. The third kappa shape index (κ3) is 2.31. The van der Waals surface area contributed by atoms with Crippen molar-refractivity contribution < 1.29 is 13.6 Å². The van der Waals surface area contributed by atoms with Crippen molar-refractivity contribution in [3.63, 3.8) is 0 Å². The van der Waals surface area contributed by atoms with Gasteiger partial charge in [0.2, 0.25) is 5.78 Å². The van der Waals surface area contributed by atoms with Crippen LogP contribution < -0.4 is 0 Å². The lowest BCUT2D eigenvalue weighted by Crippen LogP contribution is -2.10. The van der Waals surface area contributed by atoms with Gasteiger partial charge in [0.05, 0.1) is 10.0 Å². The number of carbonyl (C=O) groups is 1. The third-order valence-corrected chi connectivity index (χ3v) is 3.03. The van der Waals surface area contributed by atoms with Gasteiger partial charge in [-0.05, 0) is 52.7 Å². The van der Waals surface area contributed by atoms with E-state index in [1.54, 1.807) is 13.0 Å². The molecule has 2 rings (SSSR count). The number of hydrogen-bond donors (Lipinski definition) is 0. The van der Waals surface area contributed by atoms with Gasteiger partial charge >= 0.3 is 0 Å². The van der Waals surface area contributed by atoms with E-state index in [1.807, 2.05) is 0 Å². The summed E-state index contributed by atoms with van der Waals surface area (Å²) < 4.78 is 27.4. The maximum Gasteiger partial charge on any atom is 0.217 e. The molecule has 92 valence electrons. The van der Waals surface area contributed by atoms with Crippen molar-refractivity contribution in [3.05, 3.63) is 63.4 Å². The van der Waals surface area contributed by atoms with Crippen LogP contribution >= 0.6 is 15.9 Å². The summed E-state index contributed by atoms with van der Waals surface area (Å²) in [6.45, 7) is 1.77. The van der Waals surface area contributed by atoms with Crippen molar-refractivity contribution in [2.45, 2.75) is 6.92 Å². The Morgan fingerprint density at radius 2 is 2.00 bits per heavy atom. The molecule has 1 aromatic heterocycles. The summed E-state index contributed by atoms with van der Waals surface area (Å²) in [5.41, 5.74) is 0.220. The number of ketones is 1. The lowest BCUT2D eigenvalue weighted by Gasteiger charge is -2.05. The second-order valence-corrected chi connectivity index (χ2v) is 4.62. The van der Waals surface area contributed by atoms with E-state index >= 15 is 0 Å². The number of halogens is 3. The third-order valence-electron chi connectivity index (χ3n) is 2.42. The second kappa shape index (κ2) is 4.94. The van der Waals surface area contributed by atoms with E-state index in [9.17, 15) is 13.6 Å². The predicted molar refractivity (Wildman–Crippen MR) is 66.5 cm³/mol. The molecule has 0 aliphatic rings. The second-order valence-electron chi connectivity index (χ2n) is 3.77. The molecule has 0 saturated heterocycles. The predicted octanol–water partition coefficient (Wildman–Crippen LogP) is 3.66. The number of hydrogen-bond acceptors (Lipinski definition) is 2. The van der Waals surface area contributed by atoms with E-state index in [2.05, 4.69) is 20.9 Å². The van der Waals surface area contributed by atoms with Crippen molar-refractivity contribution in [1.29, 1.82) is 0 Å². The molecule has 0 amide bonds. The van der Waals surface area contributed by atoms with Crippen molar-refractivity contribution in [2.75, 3.05) is 0 Å². The highest BCUT2D eigenvalue weighted by Crippen LogP contribution is 2.23. The van der Waals surface area contributed by atoms with Gasteiger partial charge in [0, 0.05) is 6.20 Å². The topological polar surface area (TPSA) is 30.0 Å². The molecule has 0 N–H and O–H groups in total. The van der Waals surface area contributed by atoms with Gasteiger partial charge in [0.1, 0.15) is 11.5 Å². The van der Waals surface area contributed by atoms with Crippen LogP contribution in [0.25, 0.3) is 0 Å². The first-order valence-corrected chi connectivity index (χ1v) is 5.91. The summed E-state index contributed by atoms with van der Waals surface area (Å²) in [5, 5.41) is 0. The largest absolute Gasteiger partial charge is 0.287 e. The maximum atomic E-state index is 13.8. The molecule has 0 radical (unpaired) electrons. The Morgan fingerprint density at radius 3 is 2.67 bits per heavy atom. The SMILES string of the molecule is Cc1ccnc(C(=O)c2c(F)ccc(Br)c2F)c1. The molecular formula is C13H8BrF2NO. The monoisotopic (exact) mass is 311 g/mol. The minimum Gasteiger partial charge on any atom is -0.287 e. The molecule has 0 aliphatic carbocycles. The van der Waals surface area contributed by atoms with Crippen LogP contribution in [0.2, 0.25) is 0 Å². The molecule has 2 nitrogen and oxygen atoms in total. The summed E-state index contributed by atoms with van der Waals surface area (Å²) in [5.74, 6) is -2.58. The number of aryl methyl sites for hydroxylation is 1. The summed E-state index contributed by atoms with van der Waals surface area (Å²) in [4.78, 5) is 15.9. The average molecular weight is 312 g/mol. The fourth-order valence-electron chi connectivity index (χ4n) is 1.52. The number of benzene rings is 1. The molecule has 0 fully saturated rings. The Labute approximate surface area is 111 Å². The standard InChI is InChI=1S/C13H8BrF2NO/c1-7-4-5-17-10(6-7)13(18)11-9(15)3-2-8(14)12(11)16/h2-6H,1H3. The number of nitrogens with zero attached hydrogens (tertiary/aromatic N) is 1. The minimum absolute atomic E-state index is 0.0194. The highest BCUT2D eigenvalue weighted by Gasteiger charge is 2.21. The van der Waals surface area contributed by atoms with Crippen molar-refractivity contribution in [3.8, 4) is 0 Å². The van der Waals surface area contributed by atoms with Crippen molar-refractivity contribution in [1.82, 2.24) is 4.98 Å². The molecule has 1 aromatic carbocycles. The highest BCUT2D eigenvalue weighted by molar-refractivity contribution is 9.10. The first kappa shape index (κ1) is 12.8.